The van der Waals surface area contributed by atoms with Crippen LogP contribution >= 0.6 is 0 Å². The van der Waals surface area contributed by atoms with E-state index in [0.717, 1.165) is 5.56 Å². The smallest absolute Gasteiger partial charge is 0.307 e. The highest BCUT2D eigenvalue weighted by Gasteiger charge is 1.96. The average Bonchev–Trinajstić information content (AvgIpc) is 2.30. The number of aliphatic carboxylic acids is 1. The Labute approximate surface area is 105 Å². The number of aromatic hydroxyl groups is 2. The summed E-state index contributed by atoms with van der Waals surface area (Å²) in [7, 11) is 0. The number of phenolic OH excluding ortho intramolecular Hbond substituents is 2. The number of benzene rings is 2. The van der Waals surface area contributed by atoms with Gasteiger partial charge in [0, 0.05) is 6.07 Å². The Hall–Kier alpha value is -2.49. The Morgan fingerprint density at radius 1 is 0.889 bits per heavy atom. The summed E-state index contributed by atoms with van der Waals surface area (Å²) >= 11 is 0. The van der Waals surface area contributed by atoms with Crippen LogP contribution < -0.4 is 0 Å². The quantitative estimate of drug-likeness (QED) is 0.760. The predicted octanol–water partition coefficient (Wildman–Crippen LogP) is 2.41. The fraction of sp³-hybridized carbons (Fsp3) is 0.0714. The molecule has 0 atom stereocenters. The van der Waals surface area contributed by atoms with Crippen LogP contribution in [0.1, 0.15) is 5.56 Å². The molecule has 0 saturated heterocycles. The highest BCUT2D eigenvalue weighted by atomic mass is 16.4. The first-order valence-corrected chi connectivity index (χ1v) is 5.31. The second-order valence-electron chi connectivity index (χ2n) is 3.58. The zero-order valence-corrected chi connectivity index (χ0v) is 9.65. The van der Waals surface area contributed by atoms with Gasteiger partial charge in [-0.1, -0.05) is 36.4 Å². The number of carboxylic acid groups (broad SMARTS) is 1. The minimum Gasteiger partial charge on any atom is -0.508 e. The molecule has 0 fully saturated rings. The maximum atomic E-state index is 10.2. The fourth-order valence-electron chi connectivity index (χ4n) is 1.26. The molecule has 3 N–H and O–H groups in total. The van der Waals surface area contributed by atoms with Crippen LogP contribution in [-0.4, -0.2) is 21.3 Å². The van der Waals surface area contributed by atoms with Crippen molar-refractivity contribution >= 4 is 5.97 Å². The molecule has 0 aliphatic heterocycles. The molecule has 0 heterocycles. The van der Waals surface area contributed by atoms with Gasteiger partial charge in [-0.2, -0.15) is 0 Å². The standard InChI is InChI=1S/C8H8O2.C6H6O2/c9-8(10)6-7-4-2-1-3-5-7;7-5-2-1-3-6(8)4-5/h1-5H,6H2,(H,9,10);1-4,7-8H. The summed E-state index contributed by atoms with van der Waals surface area (Å²) in [5, 5.41) is 25.7. The lowest BCUT2D eigenvalue weighted by Crippen LogP contribution is -1.98. The van der Waals surface area contributed by atoms with Crippen LogP contribution in [0, 0.1) is 0 Å². The highest BCUT2D eigenvalue weighted by molar-refractivity contribution is 5.70. The first-order valence-electron chi connectivity index (χ1n) is 5.31. The average molecular weight is 246 g/mol. The van der Waals surface area contributed by atoms with Crippen LogP contribution in [0.5, 0.6) is 11.5 Å². The molecule has 94 valence electrons. The van der Waals surface area contributed by atoms with Crippen molar-refractivity contribution < 1.29 is 20.1 Å². The van der Waals surface area contributed by atoms with Crippen LogP contribution in [0.25, 0.3) is 0 Å². The van der Waals surface area contributed by atoms with E-state index < -0.39 is 5.97 Å². The van der Waals surface area contributed by atoms with E-state index >= 15 is 0 Å². The molecule has 0 aromatic heterocycles. The second-order valence-corrected chi connectivity index (χ2v) is 3.58. The summed E-state index contributed by atoms with van der Waals surface area (Å²) in [4.78, 5) is 10.2. The summed E-state index contributed by atoms with van der Waals surface area (Å²) in [6.07, 6.45) is 0.112. The molecular weight excluding hydrogens is 232 g/mol. The Morgan fingerprint density at radius 3 is 1.83 bits per heavy atom. The normalized spacial score (nSPS) is 9.11. The number of hydrogen-bond donors (Lipinski definition) is 3. The van der Waals surface area contributed by atoms with E-state index in [1.165, 1.54) is 18.2 Å². The third kappa shape index (κ3) is 5.55. The Bertz CT molecular complexity index is 477. The second kappa shape index (κ2) is 6.96. The summed E-state index contributed by atoms with van der Waals surface area (Å²) in [6.45, 7) is 0. The molecule has 0 bridgehead atoms. The van der Waals surface area contributed by atoms with Crippen molar-refractivity contribution in [2.24, 2.45) is 0 Å². The van der Waals surface area contributed by atoms with Crippen molar-refractivity contribution in [1.29, 1.82) is 0 Å². The lowest BCUT2D eigenvalue weighted by Gasteiger charge is -1.92. The van der Waals surface area contributed by atoms with E-state index in [4.69, 9.17) is 15.3 Å². The van der Waals surface area contributed by atoms with Crippen molar-refractivity contribution in [2.75, 3.05) is 0 Å². The van der Waals surface area contributed by atoms with Gasteiger partial charge in [0.2, 0.25) is 0 Å². The molecule has 2 aromatic carbocycles. The Kier molecular flexibility index (Phi) is 5.25. The summed E-state index contributed by atoms with van der Waals surface area (Å²) in [5.41, 5.74) is 0.843. The molecular formula is C14H14O4. The summed E-state index contributed by atoms with van der Waals surface area (Å²) in [6, 6.07) is 15.0. The lowest BCUT2D eigenvalue weighted by molar-refractivity contribution is -0.136. The van der Waals surface area contributed by atoms with E-state index in [2.05, 4.69) is 0 Å². The maximum absolute atomic E-state index is 10.2. The summed E-state index contributed by atoms with van der Waals surface area (Å²) < 4.78 is 0. The van der Waals surface area contributed by atoms with Crippen molar-refractivity contribution in [3.8, 4) is 11.5 Å². The van der Waals surface area contributed by atoms with E-state index in [-0.39, 0.29) is 17.9 Å². The van der Waals surface area contributed by atoms with Gasteiger partial charge in [-0.15, -0.1) is 0 Å². The number of hydrogen-bond acceptors (Lipinski definition) is 3. The molecule has 2 aromatic rings. The third-order valence-corrected chi connectivity index (χ3v) is 2.03. The first kappa shape index (κ1) is 13.6. The first-order chi connectivity index (χ1) is 8.58. The maximum Gasteiger partial charge on any atom is 0.307 e. The van der Waals surface area contributed by atoms with Gasteiger partial charge in [-0.3, -0.25) is 4.79 Å². The third-order valence-electron chi connectivity index (χ3n) is 2.03. The van der Waals surface area contributed by atoms with E-state index in [1.54, 1.807) is 18.2 Å². The molecule has 0 aliphatic rings. The molecule has 4 nitrogen and oxygen atoms in total. The molecule has 0 aliphatic carbocycles. The van der Waals surface area contributed by atoms with Crippen LogP contribution in [0.4, 0.5) is 0 Å². The lowest BCUT2D eigenvalue weighted by atomic mass is 10.2. The molecule has 4 heteroatoms. The van der Waals surface area contributed by atoms with Gasteiger partial charge in [0.1, 0.15) is 11.5 Å². The minimum absolute atomic E-state index is 0.0880. The molecule has 18 heavy (non-hydrogen) atoms. The molecule has 2 rings (SSSR count). The molecule has 0 amide bonds. The minimum atomic E-state index is -0.786. The zero-order chi connectivity index (χ0) is 13.4. The number of phenols is 2. The van der Waals surface area contributed by atoms with Gasteiger partial charge < -0.3 is 15.3 Å². The van der Waals surface area contributed by atoms with E-state index in [9.17, 15) is 4.79 Å². The van der Waals surface area contributed by atoms with Crippen molar-refractivity contribution in [3.05, 3.63) is 60.2 Å². The predicted molar refractivity (Wildman–Crippen MR) is 67.6 cm³/mol. The largest absolute Gasteiger partial charge is 0.508 e. The molecule has 0 saturated carbocycles. The number of carboxylic acids is 1. The monoisotopic (exact) mass is 246 g/mol. The van der Waals surface area contributed by atoms with Crippen molar-refractivity contribution in [2.45, 2.75) is 6.42 Å². The van der Waals surface area contributed by atoms with Crippen LogP contribution in [0.3, 0.4) is 0 Å². The molecule has 0 radical (unpaired) electrons. The van der Waals surface area contributed by atoms with Crippen LogP contribution in [0.2, 0.25) is 0 Å². The van der Waals surface area contributed by atoms with E-state index in [0.29, 0.717) is 0 Å². The Morgan fingerprint density at radius 2 is 1.44 bits per heavy atom. The zero-order valence-electron chi connectivity index (χ0n) is 9.65. The van der Waals surface area contributed by atoms with Crippen molar-refractivity contribution in [3.63, 3.8) is 0 Å². The van der Waals surface area contributed by atoms with Gasteiger partial charge in [-0.25, -0.2) is 0 Å². The SMILES string of the molecule is O=C(O)Cc1ccccc1.Oc1cccc(O)c1. The van der Waals surface area contributed by atoms with E-state index in [1.807, 2.05) is 18.2 Å². The summed E-state index contributed by atoms with van der Waals surface area (Å²) in [5.74, 6) is -0.610. The Balaban J connectivity index is 0.000000184. The van der Waals surface area contributed by atoms with Gasteiger partial charge in [0.15, 0.2) is 0 Å². The van der Waals surface area contributed by atoms with Gasteiger partial charge in [0.25, 0.3) is 0 Å². The van der Waals surface area contributed by atoms with Gasteiger partial charge in [-0.05, 0) is 17.7 Å². The fourth-order valence-corrected chi connectivity index (χ4v) is 1.26. The number of rotatable bonds is 2. The van der Waals surface area contributed by atoms with Gasteiger partial charge in [0.05, 0.1) is 6.42 Å². The van der Waals surface area contributed by atoms with Crippen LogP contribution in [0.15, 0.2) is 54.6 Å². The topological polar surface area (TPSA) is 77.8 Å². The number of carbonyl (C=O) groups is 1. The van der Waals surface area contributed by atoms with Gasteiger partial charge >= 0.3 is 5.97 Å². The highest BCUT2D eigenvalue weighted by Crippen LogP contribution is 2.14. The molecule has 0 spiro atoms. The van der Waals surface area contributed by atoms with Crippen molar-refractivity contribution in [1.82, 2.24) is 0 Å². The van der Waals surface area contributed by atoms with Crippen LogP contribution in [-0.2, 0) is 11.2 Å². The molecule has 0 unspecified atom stereocenters.